The zero-order valence-corrected chi connectivity index (χ0v) is 15.8. The summed E-state index contributed by atoms with van der Waals surface area (Å²) >= 11 is 0. The van der Waals surface area contributed by atoms with Gasteiger partial charge in [-0.1, -0.05) is 30.3 Å². The van der Waals surface area contributed by atoms with Gasteiger partial charge >= 0.3 is 6.09 Å². The van der Waals surface area contributed by atoms with E-state index in [-0.39, 0.29) is 24.1 Å². The average Bonchev–Trinajstić information content (AvgIpc) is 3.19. The smallest absolute Gasteiger partial charge is 0.407 e. The number of nitrogens with one attached hydrogen (secondary N) is 2. The van der Waals surface area contributed by atoms with Crippen LogP contribution in [0.2, 0.25) is 0 Å². The highest BCUT2D eigenvalue weighted by atomic mass is 16.5. The molecule has 1 aromatic heterocycles. The third-order valence-corrected chi connectivity index (χ3v) is 3.93. The van der Waals surface area contributed by atoms with Crippen LogP contribution in [0.5, 0.6) is 0 Å². The molecule has 0 saturated heterocycles. The number of nitrogens with two attached hydrogens (primary N) is 1. The summed E-state index contributed by atoms with van der Waals surface area (Å²) in [5, 5.41) is 14.8. The first-order chi connectivity index (χ1) is 13.5. The second-order valence-corrected chi connectivity index (χ2v) is 6.29. The number of alkyl carbamates (subject to hydrolysis) is 1. The number of carbonyl (C=O) groups excluding carboxylic acids is 2. The van der Waals surface area contributed by atoms with Gasteiger partial charge in [0.25, 0.3) is 5.91 Å². The summed E-state index contributed by atoms with van der Waals surface area (Å²) in [4.78, 5) is 27.6. The molecule has 1 aromatic carbocycles. The Labute approximate surface area is 163 Å². The molecule has 152 valence electrons. The van der Waals surface area contributed by atoms with Crippen molar-refractivity contribution in [1.29, 1.82) is 0 Å². The molecule has 1 heterocycles. The predicted molar refractivity (Wildman–Crippen MR) is 101 cm³/mol. The van der Waals surface area contributed by atoms with Crippen LogP contribution < -0.4 is 16.4 Å². The lowest BCUT2D eigenvalue weighted by atomic mass is 10.2. The summed E-state index contributed by atoms with van der Waals surface area (Å²) in [5.41, 5.74) is 6.73. The Kier molecular flexibility index (Phi) is 8.44. The van der Waals surface area contributed by atoms with Crippen molar-refractivity contribution in [2.75, 3.05) is 13.1 Å². The van der Waals surface area contributed by atoms with Crippen LogP contribution in [0.4, 0.5) is 4.79 Å². The highest BCUT2D eigenvalue weighted by Crippen LogP contribution is 2.13. The van der Waals surface area contributed by atoms with Crippen LogP contribution in [0.25, 0.3) is 0 Å². The van der Waals surface area contributed by atoms with E-state index in [1.165, 1.54) is 13.2 Å². The molecular weight excluding hydrogens is 364 g/mol. The highest BCUT2D eigenvalue weighted by Gasteiger charge is 2.20. The van der Waals surface area contributed by atoms with Gasteiger partial charge < -0.3 is 30.6 Å². The van der Waals surface area contributed by atoms with Crippen molar-refractivity contribution in [1.82, 2.24) is 15.6 Å². The van der Waals surface area contributed by atoms with E-state index >= 15 is 0 Å². The number of oxazole rings is 1. The van der Waals surface area contributed by atoms with E-state index in [0.29, 0.717) is 25.9 Å². The van der Waals surface area contributed by atoms with Gasteiger partial charge in [0, 0.05) is 13.1 Å². The van der Waals surface area contributed by atoms with Gasteiger partial charge in [-0.3, -0.25) is 4.79 Å². The zero-order chi connectivity index (χ0) is 20.4. The molecule has 9 heteroatoms. The molecule has 0 fully saturated rings. The summed E-state index contributed by atoms with van der Waals surface area (Å²) < 4.78 is 10.2. The van der Waals surface area contributed by atoms with Crippen LogP contribution in [0, 0.1) is 0 Å². The molecule has 2 aromatic rings. The predicted octanol–water partition coefficient (Wildman–Crippen LogP) is 1.49. The van der Waals surface area contributed by atoms with E-state index in [2.05, 4.69) is 15.6 Å². The first kappa shape index (κ1) is 21.4. The van der Waals surface area contributed by atoms with Crippen molar-refractivity contribution < 1.29 is 23.8 Å². The van der Waals surface area contributed by atoms with E-state index in [1.807, 2.05) is 30.3 Å². The molecule has 0 spiro atoms. The number of aliphatic hydroxyl groups excluding tert-OH is 1. The highest BCUT2D eigenvalue weighted by molar-refractivity contribution is 5.91. The second kappa shape index (κ2) is 11.1. The molecule has 0 aliphatic heterocycles. The Bertz CT molecular complexity index is 748. The van der Waals surface area contributed by atoms with Crippen molar-refractivity contribution in [3.63, 3.8) is 0 Å². The van der Waals surface area contributed by atoms with E-state index in [9.17, 15) is 14.7 Å². The lowest BCUT2D eigenvalue weighted by Crippen LogP contribution is -2.28. The minimum atomic E-state index is -0.832. The van der Waals surface area contributed by atoms with Crippen molar-refractivity contribution >= 4 is 12.0 Å². The van der Waals surface area contributed by atoms with Gasteiger partial charge in [0.05, 0.1) is 6.10 Å². The first-order valence-electron chi connectivity index (χ1n) is 9.09. The van der Waals surface area contributed by atoms with Crippen molar-refractivity contribution in [3.8, 4) is 0 Å². The molecule has 0 aliphatic rings. The van der Waals surface area contributed by atoms with E-state index < -0.39 is 18.2 Å². The number of hydrogen-bond acceptors (Lipinski definition) is 7. The minimum absolute atomic E-state index is 0.105. The fourth-order valence-corrected chi connectivity index (χ4v) is 2.26. The quantitative estimate of drug-likeness (QED) is 0.451. The number of ether oxygens (including phenoxy) is 1. The molecule has 2 amide bonds. The number of aliphatic hydroxyl groups is 1. The molecule has 28 heavy (non-hydrogen) atoms. The number of hydrogen-bond donors (Lipinski definition) is 4. The van der Waals surface area contributed by atoms with Crippen LogP contribution in [-0.2, 0) is 11.3 Å². The van der Waals surface area contributed by atoms with Crippen LogP contribution in [0.15, 0.2) is 41.0 Å². The Morgan fingerprint density at radius 1 is 1.21 bits per heavy atom. The summed E-state index contributed by atoms with van der Waals surface area (Å²) in [6.07, 6.45) is 1.25. The standard InChI is InChI=1S/C19H26N4O5/c1-13(24)16(20)18-23-15(12-27-18)17(25)21-9-5-6-10-22-19(26)28-11-14-7-3-2-4-8-14/h2-4,7-8,12-13,16,24H,5-6,9-11,20H2,1H3,(H,21,25)(H,22,26). The second-order valence-electron chi connectivity index (χ2n) is 6.29. The Morgan fingerprint density at radius 2 is 1.89 bits per heavy atom. The first-order valence-corrected chi connectivity index (χ1v) is 9.09. The number of nitrogens with zero attached hydrogens (tertiary/aromatic N) is 1. The summed E-state index contributed by atoms with van der Waals surface area (Å²) in [6.45, 7) is 2.60. The summed E-state index contributed by atoms with van der Waals surface area (Å²) in [7, 11) is 0. The van der Waals surface area contributed by atoms with Crippen LogP contribution in [0.1, 0.15) is 47.7 Å². The Morgan fingerprint density at radius 3 is 2.57 bits per heavy atom. The molecule has 0 radical (unpaired) electrons. The minimum Gasteiger partial charge on any atom is -0.446 e. The number of rotatable bonds is 10. The molecule has 5 N–H and O–H groups in total. The third-order valence-electron chi connectivity index (χ3n) is 3.93. The summed E-state index contributed by atoms with van der Waals surface area (Å²) in [6, 6.07) is 8.64. The fraction of sp³-hybridized carbons (Fsp3) is 0.421. The molecule has 0 bridgehead atoms. The van der Waals surface area contributed by atoms with Gasteiger partial charge in [0.1, 0.15) is 18.9 Å². The van der Waals surface area contributed by atoms with E-state index in [1.54, 1.807) is 0 Å². The lowest BCUT2D eigenvalue weighted by molar-refractivity contribution is 0.0947. The van der Waals surface area contributed by atoms with Gasteiger partial charge in [0.15, 0.2) is 5.69 Å². The number of unbranched alkanes of at least 4 members (excludes halogenated alkanes) is 1. The number of carbonyl (C=O) groups is 2. The topological polar surface area (TPSA) is 140 Å². The van der Waals surface area contributed by atoms with Crippen LogP contribution in [-0.4, -0.2) is 41.3 Å². The van der Waals surface area contributed by atoms with Crippen LogP contribution in [0.3, 0.4) is 0 Å². The molecule has 2 unspecified atom stereocenters. The van der Waals surface area contributed by atoms with Crippen molar-refractivity contribution in [2.24, 2.45) is 5.73 Å². The molecule has 0 saturated carbocycles. The maximum Gasteiger partial charge on any atom is 0.407 e. The van der Waals surface area contributed by atoms with Gasteiger partial charge in [-0.2, -0.15) is 0 Å². The molecule has 9 nitrogen and oxygen atoms in total. The zero-order valence-electron chi connectivity index (χ0n) is 15.8. The summed E-state index contributed by atoms with van der Waals surface area (Å²) in [5.74, 6) is -0.276. The Hall–Kier alpha value is -2.91. The SMILES string of the molecule is CC(O)C(N)c1nc(C(=O)NCCCCNC(=O)OCc2ccccc2)co1. The number of benzene rings is 1. The Balaban J connectivity index is 1.56. The van der Waals surface area contributed by atoms with Gasteiger partial charge in [-0.05, 0) is 25.3 Å². The molecule has 2 atom stereocenters. The van der Waals surface area contributed by atoms with Crippen molar-refractivity contribution in [2.45, 2.75) is 38.5 Å². The monoisotopic (exact) mass is 390 g/mol. The number of aromatic nitrogens is 1. The maximum absolute atomic E-state index is 12.0. The fourth-order valence-electron chi connectivity index (χ4n) is 2.26. The largest absolute Gasteiger partial charge is 0.446 e. The third kappa shape index (κ3) is 7.01. The molecule has 0 aliphatic carbocycles. The molecular formula is C19H26N4O5. The van der Waals surface area contributed by atoms with E-state index in [4.69, 9.17) is 14.9 Å². The maximum atomic E-state index is 12.0. The number of amides is 2. The molecule has 2 rings (SSSR count). The van der Waals surface area contributed by atoms with Crippen LogP contribution >= 0.6 is 0 Å². The normalized spacial score (nSPS) is 12.8. The lowest BCUT2D eigenvalue weighted by Gasteiger charge is -2.09. The van der Waals surface area contributed by atoms with Gasteiger partial charge in [-0.25, -0.2) is 9.78 Å². The van der Waals surface area contributed by atoms with Gasteiger partial charge in [-0.15, -0.1) is 0 Å². The van der Waals surface area contributed by atoms with Crippen molar-refractivity contribution in [3.05, 3.63) is 53.7 Å². The average molecular weight is 390 g/mol. The van der Waals surface area contributed by atoms with E-state index in [0.717, 1.165) is 5.56 Å². The van der Waals surface area contributed by atoms with Gasteiger partial charge in [0.2, 0.25) is 5.89 Å².